The number of carbonyl (C=O) groups is 2. The van der Waals surface area contributed by atoms with Crippen LogP contribution in [0.25, 0.3) is 22.3 Å². The van der Waals surface area contributed by atoms with Gasteiger partial charge in [0.15, 0.2) is 11.5 Å². The molecule has 0 atom stereocenters. The number of benzene rings is 5. The number of para-hydroxylation sites is 4. The first kappa shape index (κ1) is 37.0. The van der Waals surface area contributed by atoms with Gasteiger partial charge in [0.25, 0.3) is 0 Å². The summed E-state index contributed by atoms with van der Waals surface area (Å²) in [7, 11) is 0. The molecule has 0 unspecified atom stereocenters. The summed E-state index contributed by atoms with van der Waals surface area (Å²) in [5.41, 5.74) is 4.58. The molecule has 0 saturated heterocycles. The van der Waals surface area contributed by atoms with Gasteiger partial charge in [0, 0.05) is 24.0 Å². The third kappa shape index (κ3) is 11.1. The normalized spacial score (nSPS) is 11.3. The summed E-state index contributed by atoms with van der Waals surface area (Å²) >= 11 is 0. The molecule has 266 valence electrons. The average molecular weight is 699 g/mol. The van der Waals surface area contributed by atoms with Gasteiger partial charge in [-0.1, -0.05) is 109 Å². The maximum absolute atomic E-state index is 12.5. The van der Waals surface area contributed by atoms with E-state index >= 15 is 0 Å². The molecule has 0 N–H and O–H groups in total. The van der Waals surface area contributed by atoms with Gasteiger partial charge in [-0.2, -0.15) is 0 Å². The molecule has 0 aliphatic heterocycles. The zero-order valence-electron chi connectivity index (χ0n) is 29.4. The third-order valence-electron chi connectivity index (χ3n) is 7.72. The molecule has 8 nitrogen and oxygen atoms in total. The minimum atomic E-state index is -0.465. The van der Waals surface area contributed by atoms with E-state index in [-0.39, 0.29) is 13.2 Å². The number of hydrogen-bond acceptors (Lipinski definition) is 8. The van der Waals surface area contributed by atoms with E-state index in [2.05, 4.69) is 0 Å². The molecule has 5 rings (SSSR count). The molecular formula is C44H42O8. The van der Waals surface area contributed by atoms with Gasteiger partial charge < -0.3 is 28.4 Å². The SMILES string of the molecule is CC(=COc1ccccc1-c1ccccc1)C(=O)OCCCOc1ccccc1OCCCOC(=O)C(C)=COc1ccccc1-c1ccccc1. The predicted molar refractivity (Wildman–Crippen MR) is 201 cm³/mol. The van der Waals surface area contributed by atoms with Crippen molar-refractivity contribution in [3.63, 3.8) is 0 Å². The fourth-order valence-corrected chi connectivity index (χ4v) is 4.98. The van der Waals surface area contributed by atoms with Gasteiger partial charge in [-0.15, -0.1) is 0 Å². The van der Waals surface area contributed by atoms with Crippen LogP contribution in [0, 0.1) is 0 Å². The number of hydrogen-bond donors (Lipinski definition) is 0. The first-order valence-electron chi connectivity index (χ1n) is 17.1. The Labute approximate surface area is 304 Å². The molecule has 0 bridgehead atoms. The zero-order chi connectivity index (χ0) is 36.4. The van der Waals surface area contributed by atoms with Gasteiger partial charge >= 0.3 is 11.9 Å². The molecule has 5 aromatic rings. The van der Waals surface area contributed by atoms with Crippen molar-refractivity contribution in [3.8, 4) is 45.3 Å². The van der Waals surface area contributed by atoms with Crippen molar-refractivity contribution in [2.45, 2.75) is 26.7 Å². The first-order chi connectivity index (χ1) is 25.5. The molecule has 0 spiro atoms. The number of esters is 2. The van der Waals surface area contributed by atoms with Crippen molar-refractivity contribution in [2.75, 3.05) is 26.4 Å². The van der Waals surface area contributed by atoms with E-state index in [1.807, 2.05) is 133 Å². The molecule has 52 heavy (non-hydrogen) atoms. The third-order valence-corrected chi connectivity index (χ3v) is 7.72. The summed E-state index contributed by atoms with van der Waals surface area (Å²) in [5.74, 6) is 1.50. The average Bonchev–Trinajstić information content (AvgIpc) is 3.20. The largest absolute Gasteiger partial charge is 0.490 e. The molecule has 0 amide bonds. The van der Waals surface area contributed by atoms with Crippen LogP contribution in [0.4, 0.5) is 0 Å². The van der Waals surface area contributed by atoms with Crippen LogP contribution in [-0.4, -0.2) is 38.4 Å². The Morgan fingerprint density at radius 2 is 0.788 bits per heavy atom. The number of ether oxygens (including phenoxy) is 6. The van der Waals surface area contributed by atoms with E-state index < -0.39 is 11.9 Å². The molecule has 0 saturated carbocycles. The monoisotopic (exact) mass is 698 g/mol. The van der Waals surface area contributed by atoms with Gasteiger partial charge in [0.2, 0.25) is 0 Å². The van der Waals surface area contributed by atoms with Crippen molar-refractivity contribution in [2.24, 2.45) is 0 Å². The van der Waals surface area contributed by atoms with Crippen molar-refractivity contribution < 1.29 is 38.0 Å². The van der Waals surface area contributed by atoms with Gasteiger partial charge in [-0.3, -0.25) is 0 Å². The fourth-order valence-electron chi connectivity index (χ4n) is 4.98. The second-order valence-electron chi connectivity index (χ2n) is 11.7. The van der Waals surface area contributed by atoms with Crippen LogP contribution in [0.3, 0.4) is 0 Å². The van der Waals surface area contributed by atoms with Crippen LogP contribution in [0.5, 0.6) is 23.0 Å². The minimum Gasteiger partial charge on any atom is -0.490 e. The summed E-state index contributed by atoms with van der Waals surface area (Å²) < 4.78 is 34.3. The molecule has 0 radical (unpaired) electrons. The van der Waals surface area contributed by atoms with E-state index in [9.17, 15) is 9.59 Å². The fraction of sp³-hybridized carbons (Fsp3) is 0.182. The second kappa shape index (κ2) is 19.8. The quantitative estimate of drug-likeness (QED) is 0.0387. The van der Waals surface area contributed by atoms with Crippen LogP contribution in [-0.2, 0) is 19.1 Å². The zero-order valence-corrected chi connectivity index (χ0v) is 29.4. The van der Waals surface area contributed by atoms with Crippen molar-refractivity contribution in [1.29, 1.82) is 0 Å². The maximum Gasteiger partial charge on any atom is 0.336 e. The molecule has 8 heteroatoms. The highest BCUT2D eigenvalue weighted by Gasteiger charge is 2.11. The molecule has 5 aromatic carbocycles. The summed E-state index contributed by atoms with van der Waals surface area (Å²) in [6, 6.07) is 42.4. The van der Waals surface area contributed by atoms with Gasteiger partial charge in [0.05, 0.1) is 37.6 Å². The Morgan fingerprint density at radius 1 is 0.442 bits per heavy atom. The van der Waals surface area contributed by atoms with E-state index in [1.54, 1.807) is 13.8 Å². The minimum absolute atomic E-state index is 0.178. The lowest BCUT2D eigenvalue weighted by Gasteiger charge is -2.13. The molecular weight excluding hydrogens is 656 g/mol. The van der Waals surface area contributed by atoms with Crippen molar-refractivity contribution in [3.05, 3.63) is 157 Å². The summed E-state index contributed by atoms with van der Waals surface area (Å²) in [6.07, 6.45) is 3.79. The van der Waals surface area contributed by atoms with Crippen molar-refractivity contribution in [1.82, 2.24) is 0 Å². The summed E-state index contributed by atoms with van der Waals surface area (Å²) in [4.78, 5) is 25.1. The first-order valence-corrected chi connectivity index (χ1v) is 17.1. The van der Waals surface area contributed by atoms with Crippen LogP contribution in [0.15, 0.2) is 157 Å². The topological polar surface area (TPSA) is 89.5 Å². The van der Waals surface area contributed by atoms with Gasteiger partial charge in [-0.05, 0) is 49.2 Å². The number of rotatable bonds is 18. The van der Waals surface area contributed by atoms with Crippen LogP contribution in [0.1, 0.15) is 26.7 Å². The lowest BCUT2D eigenvalue weighted by Crippen LogP contribution is -2.11. The summed E-state index contributed by atoms with van der Waals surface area (Å²) in [5, 5.41) is 0. The molecule has 0 aromatic heterocycles. The Hall–Kier alpha value is -6.28. The lowest BCUT2D eigenvalue weighted by molar-refractivity contribution is -0.140. The van der Waals surface area contributed by atoms with E-state index in [0.717, 1.165) is 22.3 Å². The van der Waals surface area contributed by atoms with E-state index in [0.29, 0.717) is 60.2 Å². The van der Waals surface area contributed by atoms with E-state index in [1.165, 1.54) is 12.5 Å². The maximum atomic E-state index is 12.5. The van der Waals surface area contributed by atoms with E-state index in [4.69, 9.17) is 28.4 Å². The van der Waals surface area contributed by atoms with Gasteiger partial charge in [-0.25, -0.2) is 9.59 Å². The molecule has 0 aliphatic rings. The lowest BCUT2D eigenvalue weighted by atomic mass is 10.1. The molecule has 0 aliphatic carbocycles. The van der Waals surface area contributed by atoms with Crippen LogP contribution in [0.2, 0.25) is 0 Å². The predicted octanol–water partition coefficient (Wildman–Crippen LogP) is 9.61. The standard InChI is InChI=1S/C44H42O8/c1-33(31-51-39-23-11-9-21-37(39)35-17-5-3-6-18-35)43(45)49-29-15-27-47-41-25-13-14-26-42(41)48-28-16-30-50-44(46)34(2)32-52-40-24-12-10-22-38(40)36-19-7-4-8-20-36/h3-14,17-26,31-32H,15-16,27-30H2,1-2H3. The Balaban J connectivity index is 0.987. The Bertz CT molecular complexity index is 1810. The van der Waals surface area contributed by atoms with Crippen LogP contribution >= 0.6 is 0 Å². The van der Waals surface area contributed by atoms with Crippen molar-refractivity contribution >= 4 is 11.9 Å². The smallest absolute Gasteiger partial charge is 0.336 e. The highest BCUT2D eigenvalue weighted by atomic mass is 16.5. The highest BCUT2D eigenvalue weighted by Crippen LogP contribution is 2.31. The Kier molecular flexibility index (Phi) is 14.1. The van der Waals surface area contributed by atoms with Crippen LogP contribution < -0.4 is 18.9 Å². The number of carbonyl (C=O) groups excluding carboxylic acids is 2. The summed E-state index contributed by atoms with van der Waals surface area (Å²) in [6.45, 7) is 4.29. The van der Waals surface area contributed by atoms with Gasteiger partial charge in [0.1, 0.15) is 24.0 Å². The highest BCUT2D eigenvalue weighted by molar-refractivity contribution is 5.88. The molecule has 0 heterocycles. The Morgan fingerprint density at radius 3 is 1.19 bits per heavy atom. The second-order valence-corrected chi connectivity index (χ2v) is 11.7. The molecule has 0 fully saturated rings.